The summed E-state index contributed by atoms with van der Waals surface area (Å²) in [6.45, 7) is 18.1. The number of nitrogens with zero attached hydrogens (tertiary/aromatic N) is 10. The third-order valence-electron chi connectivity index (χ3n) is 16.1. The van der Waals surface area contributed by atoms with Crippen molar-refractivity contribution in [1.82, 2.24) is 49.8 Å². The van der Waals surface area contributed by atoms with Gasteiger partial charge in [0.2, 0.25) is 17.6 Å². The summed E-state index contributed by atoms with van der Waals surface area (Å²) in [5, 5.41) is 13.6. The molecule has 0 bridgehead atoms. The number of carbonyl (C=O) groups excluding carboxylic acids is 2. The van der Waals surface area contributed by atoms with E-state index in [9.17, 15) is 22.4 Å². The van der Waals surface area contributed by atoms with E-state index in [1.54, 1.807) is 50.7 Å². The molecule has 4 fully saturated rings. The van der Waals surface area contributed by atoms with Crippen molar-refractivity contribution in [2.75, 3.05) is 75.8 Å². The standard InChI is InChI=1S/C55H69FN12O6S2/c1-35-9-14-40(67(30-35)32-48(69)68-19-7-8-45(68)52-61-44(33-75-52)49(70)38-10-12-39(56)13-11-38)31-65-20-15-55(16-21-65)17-22-66(23-18-55)53-57-28-41(29-58-53)73-24-25-74-46-27-43-42(26-47(46)76(71,72)54(4,5)6)51(60-34-59-43)62-50-36(2)37(3)63-64-50/h10-13,26-29,33-35,40,45H,7-9,14-25,30-32H2,1-6H3,(H2,59,60,62,63,64)/t35-,40+,45-/m0/s1. The first-order valence-electron chi connectivity index (χ1n) is 26.6. The molecular formula is C55H69FN12O6S2. The molecule has 6 aromatic rings. The Morgan fingerprint density at radius 3 is 2.34 bits per heavy atom. The lowest BCUT2D eigenvalue weighted by Gasteiger charge is -2.48. The first-order chi connectivity index (χ1) is 36.4. The van der Waals surface area contributed by atoms with E-state index < -0.39 is 20.4 Å². The van der Waals surface area contributed by atoms with Gasteiger partial charge in [-0.3, -0.25) is 19.6 Å². The molecule has 76 heavy (non-hydrogen) atoms. The van der Waals surface area contributed by atoms with Crippen LogP contribution in [0.2, 0.25) is 0 Å². The highest BCUT2D eigenvalue weighted by atomic mass is 32.2. The second kappa shape index (κ2) is 22.1. The molecule has 0 saturated carbocycles. The molecule has 0 radical (unpaired) electrons. The van der Waals surface area contributed by atoms with Crippen LogP contribution in [0.1, 0.15) is 117 Å². The van der Waals surface area contributed by atoms with E-state index in [4.69, 9.17) is 14.5 Å². The zero-order valence-corrected chi connectivity index (χ0v) is 46.0. The smallest absolute Gasteiger partial charge is 0.237 e. The molecule has 18 nitrogen and oxygen atoms in total. The molecule has 4 aliphatic heterocycles. The summed E-state index contributed by atoms with van der Waals surface area (Å²) in [6.07, 6.45) is 13.2. The van der Waals surface area contributed by atoms with Crippen LogP contribution >= 0.6 is 11.3 Å². The fourth-order valence-corrected chi connectivity index (χ4v) is 13.4. The maximum atomic E-state index is 14.1. The van der Waals surface area contributed by atoms with Gasteiger partial charge in [0.15, 0.2) is 21.4 Å². The summed E-state index contributed by atoms with van der Waals surface area (Å²) in [7, 11) is -3.86. The van der Waals surface area contributed by atoms with Gasteiger partial charge in [-0.15, -0.1) is 11.3 Å². The van der Waals surface area contributed by atoms with Crippen LogP contribution in [0.4, 0.5) is 22.0 Å². The van der Waals surface area contributed by atoms with E-state index in [0.29, 0.717) is 76.0 Å². The second-order valence-corrected chi connectivity index (χ2v) is 25.8. The number of nitrogens with one attached hydrogen (secondary N) is 2. The molecule has 4 saturated heterocycles. The van der Waals surface area contributed by atoms with E-state index in [-0.39, 0.29) is 41.6 Å². The van der Waals surface area contributed by atoms with Crippen molar-refractivity contribution in [3.8, 4) is 11.5 Å². The average Bonchev–Trinajstić information content (AvgIpc) is 4.19. The molecule has 0 aliphatic carbocycles. The molecular weight excluding hydrogens is 1010 g/mol. The number of sulfone groups is 1. The predicted molar refractivity (Wildman–Crippen MR) is 290 cm³/mol. The number of H-pyrrole nitrogens is 1. The van der Waals surface area contributed by atoms with Crippen LogP contribution in [-0.2, 0) is 14.6 Å². The minimum Gasteiger partial charge on any atom is -0.489 e. The topological polar surface area (TPSA) is 205 Å². The van der Waals surface area contributed by atoms with Gasteiger partial charge in [-0.1, -0.05) is 6.92 Å². The summed E-state index contributed by atoms with van der Waals surface area (Å²) in [5.74, 6) is 2.37. The molecule has 4 aliphatic rings. The number of likely N-dealkylation sites (tertiary alicyclic amines) is 3. The number of fused-ring (bicyclic) bond motifs is 1. The fourth-order valence-electron chi connectivity index (χ4n) is 11.2. The summed E-state index contributed by atoms with van der Waals surface area (Å²) in [6, 6.07) is 8.90. The zero-order valence-electron chi connectivity index (χ0n) is 44.3. The number of aromatic amines is 1. The Morgan fingerprint density at radius 1 is 0.908 bits per heavy atom. The van der Waals surface area contributed by atoms with Gasteiger partial charge in [-0.25, -0.2) is 37.7 Å². The number of hydrogen-bond acceptors (Lipinski definition) is 17. The summed E-state index contributed by atoms with van der Waals surface area (Å²) in [5.41, 5.74) is 3.36. The number of rotatable bonds is 16. The molecule has 4 aromatic heterocycles. The molecule has 1 amide bonds. The molecule has 21 heteroatoms. The van der Waals surface area contributed by atoms with E-state index in [2.05, 4.69) is 57.1 Å². The lowest BCUT2D eigenvalue weighted by molar-refractivity contribution is -0.134. The van der Waals surface area contributed by atoms with Crippen molar-refractivity contribution >= 4 is 61.4 Å². The summed E-state index contributed by atoms with van der Waals surface area (Å²) in [4.78, 5) is 59.5. The average molecular weight is 1080 g/mol. The first kappa shape index (κ1) is 53.2. The Kier molecular flexibility index (Phi) is 15.5. The van der Waals surface area contributed by atoms with Crippen LogP contribution in [0.25, 0.3) is 10.9 Å². The van der Waals surface area contributed by atoms with Crippen molar-refractivity contribution in [2.45, 2.75) is 115 Å². The van der Waals surface area contributed by atoms with Crippen LogP contribution in [-0.4, -0.2) is 146 Å². The number of ketones is 1. The van der Waals surface area contributed by atoms with E-state index >= 15 is 0 Å². The van der Waals surface area contributed by atoms with Gasteiger partial charge in [0.1, 0.15) is 52.5 Å². The number of amides is 1. The number of aryl methyl sites for hydroxylation is 1. The van der Waals surface area contributed by atoms with Crippen molar-refractivity contribution < 1.29 is 31.9 Å². The van der Waals surface area contributed by atoms with Gasteiger partial charge in [-0.2, -0.15) is 5.10 Å². The quantitative estimate of drug-likeness (QED) is 0.0689. The lowest BCUT2D eigenvalue weighted by Crippen LogP contribution is -2.54. The number of hydrogen-bond donors (Lipinski definition) is 2. The van der Waals surface area contributed by atoms with Gasteiger partial charge in [0, 0.05) is 72.4 Å². The van der Waals surface area contributed by atoms with Crippen LogP contribution in [0.5, 0.6) is 11.5 Å². The molecule has 1 spiro atoms. The lowest BCUT2D eigenvalue weighted by atomic mass is 9.71. The van der Waals surface area contributed by atoms with Gasteiger partial charge >= 0.3 is 0 Å². The highest BCUT2D eigenvalue weighted by Crippen LogP contribution is 2.43. The molecule has 3 atom stereocenters. The number of ether oxygens (including phenoxy) is 2. The number of aromatic nitrogens is 7. The van der Waals surface area contributed by atoms with Crippen molar-refractivity contribution in [3.05, 3.63) is 93.8 Å². The molecule has 2 aromatic carbocycles. The van der Waals surface area contributed by atoms with E-state index in [1.165, 1.54) is 41.9 Å². The third kappa shape index (κ3) is 11.4. The third-order valence-corrected chi connectivity index (χ3v) is 19.6. The van der Waals surface area contributed by atoms with Gasteiger partial charge < -0.3 is 29.5 Å². The van der Waals surface area contributed by atoms with Crippen LogP contribution in [0, 0.1) is 31.0 Å². The highest BCUT2D eigenvalue weighted by Gasteiger charge is 2.41. The summed E-state index contributed by atoms with van der Waals surface area (Å²) < 4.78 is 52.4. The van der Waals surface area contributed by atoms with Gasteiger partial charge in [0.25, 0.3) is 0 Å². The number of halogens is 1. The Labute approximate surface area is 448 Å². The Bertz CT molecular complexity index is 3150. The Hall–Kier alpha value is -6.16. The fraction of sp³-hybridized carbons (Fsp3) is 0.527. The van der Waals surface area contributed by atoms with Crippen LogP contribution in [0.3, 0.4) is 0 Å². The number of anilines is 3. The monoisotopic (exact) mass is 1080 g/mol. The SMILES string of the molecule is Cc1[nH]nc(Nc2ncnc3cc(OCCOc4cnc(N5CCC6(CCN(C[C@H]7CC[C@H](C)CN7CC(=O)N7CCC[C@H]7c7nc(C(=O)c8ccc(F)cc8)cs7)CC6)CC5)nc4)c(S(=O)(=O)C(C)(C)C)cc23)c1C. The largest absolute Gasteiger partial charge is 0.489 e. The molecule has 8 heterocycles. The van der Waals surface area contributed by atoms with Gasteiger partial charge in [0.05, 0.1) is 35.2 Å². The molecule has 2 N–H and O–H groups in total. The number of thiazole rings is 1. The van der Waals surface area contributed by atoms with Gasteiger partial charge in [-0.05, 0) is 141 Å². The number of benzene rings is 2. The zero-order chi connectivity index (χ0) is 53.4. The Balaban J connectivity index is 0.689. The predicted octanol–water partition coefficient (Wildman–Crippen LogP) is 8.51. The maximum Gasteiger partial charge on any atom is 0.237 e. The molecule has 10 rings (SSSR count). The molecule has 0 unspecified atom stereocenters. The minimum absolute atomic E-state index is 0.0346. The summed E-state index contributed by atoms with van der Waals surface area (Å²) >= 11 is 1.42. The van der Waals surface area contributed by atoms with Crippen molar-refractivity contribution in [3.63, 3.8) is 0 Å². The first-order valence-corrected chi connectivity index (χ1v) is 29.0. The Morgan fingerprint density at radius 2 is 1.63 bits per heavy atom. The maximum absolute atomic E-state index is 14.1. The highest BCUT2D eigenvalue weighted by molar-refractivity contribution is 7.92. The van der Waals surface area contributed by atoms with Crippen LogP contribution in [0.15, 0.2) is 65.4 Å². The van der Waals surface area contributed by atoms with Crippen molar-refractivity contribution in [1.29, 1.82) is 0 Å². The molecule has 404 valence electrons. The van der Waals surface area contributed by atoms with E-state index in [0.717, 1.165) is 107 Å². The second-order valence-electron chi connectivity index (χ2n) is 22.2. The van der Waals surface area contributed by atoms with E-state index in [1.807, 2.05) is 18.7 Å². The van der Waals surface area contributed by atoms with Crippen LogP contribution < -0.4 is 19.7 Å². The minimum atomic E-state index is -3.86. The van der Waals surface area contributed by atoms with Crippen molar-refractivity contribution in [2.24, 2.45) is 11.3 Å². The number of carbonyl (C=O) groups is 2. The number of piperidine rings is 3. The normalized spacial score (nSPS) is 20.6.